The van der Waals surface area contributed by atoms with Crippen molar-refractivity contribution in [1.82, 2.24) is 19.5 Å². The van der Waals surface area contributed by atoms with Gasteiger partial charge < -0.3 is 20.9 Å². The molecule has 9 heteroatoms. The van der Waals surface area contributed by atoms with Crippen molar-refractivity contribution in [2.45, 2.75) is 64.2 Å². The van der Waals surface area contributed by atoms with E-state index in [4.69, 9.17) is 15.7 Å². The van der Waals surface area contributed by atoms with Gasteiger partial charge in [0, 0.05) is 67.6 Å². The van der Waals surface area contributed by atoms with Crippen LogP contribution in [0.3, 0.4) is 0 Å². The van der Waals surface area contributed by atoms with Gasteiger partial charge >= 0.3 is 0 Å². The Morgan fingerprint density at radius 3 is 2.59 bits per heavy atom. The standard InChI is InChI=1S/C25H30N7S.Ac/c1-16(2)32-15-28-21-23(27-14-18-12-13-33-22(18)17-6-4-3-5-7-17)30-25(31-24(21)32)29-20-10-8-19(26)9-11-20;/h3-7,12-13,15-16,19-20,26H,8-11,14H2,1-2H3,(H2,27,29,30,31);/q-1;. The smallest absolute Gasteiger partial charge is 0.227 e. The SMILES string of the molecule is CC(C)n1cnc2c(NCc3ccsc3-c3ccccc3)nc(NC3CCC([NH-])CC3)nc21.[Ac]. The molecule has 7 nitrogen and oxygen atoms in total. The van der Waals surface area contributed by atoms with Gasteiger partial charge in [0.05, 0.1) is 6.33 Å². The molecular formula is C25H30AcN7S-. The molecule has 0 amide bonds. The summed E-state index contributed by atoms with van der Waals surface area (Å²) in [6.07, 6.45) is 5.67. The number of nitrogens with one attached hydrogen (secondary N) is 3. The molecule has 1 radical (unpaired) electrons. The van der Waals surface area contributed by atoms with E-state index in [9.17, 15) is 0 Å². The molecule has 1 fully saturated rings. The summed E-state index contributed by atoms with van der Waals surface area (Å²) < 4.78 is 2.09. The van der Waals surface area contributed by atoms with Crippen molar-refractivity contribution >= 4 is 34.3 Å². The first kappa shape index (κ1) is 25.6. The fourth-order valence-electron chi connectivity index (χ4n) is 4.40. The molecule has 0 aliphatic heterocycles. The summed E-state index contributed by atoms with van der Waals surface area (Å²) in [5.74, 6) is 1.38. The van der Waals surface area contributed by atoms with E-state index in [1.165, 1.54) is 16.0 Å². The molecular weight excluding hydrogens is 657 g/mol. The van der Waals surface area contributed by atoms with Crippen molar-refractivity contribution in [2.75, 3.05) is 10.6 Å². The molecule has 1 aliphatic rings. The number of nitrogens with zero attached hydrogens (tertiary/aromatic N) is 4. The van der Waals surface area contributed by atoms with Crippen molar-refractivity contribution < 1.29 is 44.1 Å². The van der Waals surface area contributed by atoms with Crippen LogP contribution < -0.4 is 10.6 Å². The van der Waals surface area contributed by atoms with E-state index in [1.54, 1.807) is 11.3 Å². The van der Waals surface area contributed by atoms with Gasteiger partial charge in [-0.2, -0.15) is 9.97 Å². The van der Waals surface area contributed by atoms with Crippen LogP contribution in [-0.4, -0.2) is 31.6 Å². The van der Waals surface area contributed by atoms with Crippen LogP contribution >= 0.6 is 11.3 Å². The predicted octanol–water partition coefficient (Wildman–Crippen LogP) is 6.52. The molecule has 3 heterocycles. The van der Waals surface area contributed by atoms with Gasteiger partial charge in [0.2, 0.25) is 5.95 Å². The summed E-state index contributed by atoms with van der Waals surface area (Å²) in [6, 6.07) is 13.3. The molecule has 175 valence electrons. The van der Waals surface area contributed by atoms with E-state index in [-0.39, 0.29) is 56.1 Å². The molecule has 0 spiro atoms. The van der Waals surface area contributed by atoms with Gasteiger partial charge in [-0.25, -0.2) is 4.98 Å². The van der Waals surface area contributed by atoms with Crippen molar-refractivity contribution in [2.24, 2.45) is 0 Å². The number of anilines is 2. The second kappa shape index (κ2) is 11.5. The molecule has 0 bridgehead atoms. The minimum Gasteiger partial charge on any atom is -0.675 e. The number of thiophene rings is 1. The summed E-state index contributed by atoms with van der Waals surface area (Å²) in [6.45, 7) is 4.94. The Hall–Kier alpha value is -1.53. The third kappa shape index (κ3) is 5.65. The number of hydrogen-bond acceptors (Lipinski definition) is 6. The van der Waals surface area contributed by atoms with Gasteiger partial charge in [-0.3, -0.25) is 0 Å². The number of aromatic nitrogens is 4. The number of benzene rings is 1. The van der Waals surface area contributed by atoms with Crippen LogP contribution in [0.2, 0.25) is 0 Å². The van der Waals surface area contributed by atoms with Crippen LogP contribution in [0.25, 0.3) is 27.3 Å². The fourth-order valence-corrected chi connectivity index (χ4v) is 5.33. The van der Waals surface area contributed by atoms with Gasteiger partial charge in [-0.15, -0.1) is 17.4 Å². The summed E-state index contributed by atoms with van der Waals surface area (Å²) in [4.78, 5) is 15.6. The molecule has 1 aromatic carbocycles. The summed E-state index contributed by atoms with van der Waals surface area (Å²) in [5, 5.41) is 9.22. The van der Waals surface area contributed by atoms with Crippen LogP contribution in [0.4, 0.5) is 11.8 Å². The van der Waals surface area contributed by atoms with Gasteiger partial charge in [0.1, 0.15) is 0 Å². The molecule has 34 heavy (non-hydrogen) atoms. The van der Waals surface area contributed by atoms with Crippen LogP contribution in [0.5, 0.6) is 0 Å². The molecule has 3 N–H and O–H groups in total. The normalized spacial score (nSPS) is 18.1. The minimum absolute atomic E-state index is 0. The Morgan fingerprint density at radius 1 is 1.09 bits per heavy atom. The first-order valence-electron chi connectivity index (χ1n) is 11.7. The average Bonchev–Trinajstić information content (AvgIpc) is 3.47. The second-order valence-electron chi connectivity index (χ2n) is 9.00. The Labute approximate surface area is 240 Å². The molecule has 1 aliphatic carbocycles. The molecule has 0 saturated heterocycles. The van der Waals surface area contributed by atoms with Gasteiger partial charge in [-0.1, -0.05) is 43.2 Å². The summed E-state index contributed by atoms with van der Waals surface area (Å²) in [7, 11) is 0. The van der Waals surface area contributed by atoms with E-state index >= 15 is 0 Å². The molecule has 4 aromatic rings. The average molecular weight is 688 g/mol. The van der Waals surface area contributed by atoms with Gasteiger partial charge in [-0.05, 0) is 49.3 Å². The number of imidazole rings is 1. The summed E-state index contributed by atoms with van der Waals surface area (Å²) >= 11 is 1.76. The van der Waals surface area contributed by atoms with E-state index in [2.05, 4.69) is 69.7 Å². The number of rotatable bonds is 7. The number of hydrogen-bond donors (Lipinski definition) is 2. The first-order valence-corrected chi connectivity index (χ1v) is 12.5. The van der Waals surface area contributed by atoms with Crippen LogP contribution in [0.15, 0.2) is 48.1 Å². The largest absolute Gasteiger partial charge is 0.675 e. The zero-order valence-electron chi connectivity index (χ0n) is 19.7. The van der Waals surface area contributed by atoms with Gasteiger partial charge in [0.25, 0.3) is 0 Å². The second-order valence-corrected chi connectivity index (χ2v) is 9.92. The molecule has 3 aromatic heterocycles. The van der Waals surface area contributed by atoms with Crippen LogP contribution in [-0.2, 0) is 6.54 Å². The maximum atomic E-state index is 7.96. The molecule has 0 atom stereocenters. The van der Waals surface area contributed by atoms with E-state index in [1.807, 2.05) is 12.4 Å². The Bertz CT molecular complexity index is 1210. The maximum Gasteiger partial charge on any atom is 0.227 e. The zero-order valence-corrected chi connectivity index (χ0v) is 25.2. The fraction of sp³-hybridized carbons (Fsp3) is 0.400. The zero-order chi connectivity index (χ0) is 22.8. The molecule has 5 rings (SSSR count). The Morgan fingerprint density at radius 2 is 1.85 bits per heavy atom. The Kier molecular flexibility index (Phi) is 8.62. The van der Waals surface area contributed by atoms with E-state index in [0.29, 0.717) is 18.5 Å². The van der Waals surface area contributed by atoms with Crippen molar-refractivity contribution in [3.63, 3.8) is 0 Å². The maximum absolute atomic E-state index is 7.96. The van der Waals surface area contributed by atoms with Crippen LogP contribution in [0.1, 0.15) is 51.1 Å². The third-order valence-electron chi connectivity index (χ3n) is 6.27. The Balaban J connectivity index is 0.00000274. The first-order chi connectivity index (χ1) is 16.1. The monoisotopic (exact) mass is 687 g/mol. The van der Waals surface area contributed by atoms with Crippen LogP contribution in [0, 0.1) is 44.1 Å². The van der Waals surface area contributed by atoms with Crippen molar-refractivity contribution in [3.8, 4) is 10.4 Å². The minimum atomic E-state index is 0. The van der Waals surface area contributed by atoms with E-state index < -0.39 is 0 Å². The topological polar surface area (TPSA) is 91.5 Å². The van der Waals surface area contributed by atoms with Gasteiger partial charge in [0.15, 0.2) is 17.0 Å². The predicted molar refractivity (Wildman–Crippen MR) is 137 cm³/mol. The molecule has 0 unspecified atom stereocenters. The summed E-state index contributed by atoms with van der Waals surface area (Å²) in [5.41, 5.74) is 12.1. The third-order valence-corrected chi connectivity index (χ3v) is 7.27. The van der Waals surface area contributed by atoms with Crippen molar-refractivity contribution in [1.29, 1.82) is 0 Å². The van der Waals surface area contributed by atoms with E-state index in [0.717, 1.165) is 42.7 Å². The molecule has 1 saturated carbocycles. The number of fused-ring (bicyclic) bond motifs is 1. The van der Waals surface area contributed by atoms with Crippen molar-refractivity contribution in [3.05, 3.63) is 59.4 Å². The quantitative estimate of drug-likeness (QED) is 0.231.